The van der Waals surface area contributed by atoms with Crippen molar-refractivity contribution in [2.75, 3.05) is 24.4 Å². The number of ether oxygens (including phenoxy) is 1. The van der Waals surface area contributed by atoms with Gasteiger partial charge in [0, 0.05) is 6.54 Å². The van der Waals surface area contributed by atoms with E-state index in [2.05, 4.69) is 15.0 Å². The van der Waals surface area contributed by atoms with Gasteiger partial charge in [0.25, 0.3) is 0 Å². The van der Waals surface area contributed by atoms with E-state index in [1.54, 1.807) is 4.57 Å². The monoisotopic (exact) mass is 288 g/mol. The molecule has 19 heavy (non-hydrogen) atoms. The Bertz CT molecular complexity index is 637. The number of nitrogens with zero attached hydrogens (tertiary/aromatic N) is 4. The predicted molar refractivity (Wildman–Crippen MR) is 67.0 cm³/mol. The molecule has 11 heteroatoms. The van der Waals surface area contributed by atoms with Gasteiger partial charge in [-0.1, -0.05) is 0 Å². The number of hydrogen-bond acceptors (Lipinski definition) is 7. The molecule has 0 aromatic carbocycles. The number of fused-ring (bicyclic) bond motifs is 1. The Labute approximate surface area is 107 Å². The van der Waals surface area contributed by atoms with Crippen molar-refractivity contribution in [2.45, 2.75) is 6.54 Å². The Morgan fingerprint density at radius 3 is 2.79 bits per heavy atom. The van der Waals surface area contributed by atoms with Crippen LogP contribution < -0.4 is 11.5 Å². The second-order valence-corrected chi connectivity index (χ2v) is 5.37. The molecule has 2 aromatic heterocycles. The molecule has 104 valence electrons. The highest BCUT2D eigenvalue weighted by molar-refractivity contribution is 7.51. The second-order valence-electron chi connectivity index (χ2n) is 3.78. The largest absolute Gasteiger partial charge is 0.382 e. The van der Waals surface area contributed by atoms with E-state index in [-0.39, 0.29) is 18.4 Å². The van der Waals surface area contributed by atoms with Gasteiger partial charge >= 0.3 is 7.60 Å². The Morgan fingerprint density at radius 2 is 2.11 bits per heavy atom. The van der Waals surface area contributed by atoms with E-state index in [0.29, 0.717) is 17.7 Å². The molecular weight excluding hydrogens is 275 g/mol. The van der Waals surface area contributed by atoms with Crippen molar-refractivity contribution in [2.24, 2.45) is 0 Å². The molecule has 0 aliphatic heterocycles. The van der Waals surface area contributed by atoms with E-state index in [1.807, 2.05) is 0 Å². The summed E-state index contributed by atoms with van der Waals surface area (Å²) in [6.45, 7) is 0.411. The number of hydrogen-bond donors (Lipinski definition) is 4. The Kier molecular flexibility index (Phi) is 3.67. The van der Waals surface area contributed by atoms with Gasteiger partial charge in [-0.05, 0) is 0 Å². The van der Waals surface area contributed by atoms with Crippen molar-refractivity contribution in [3.63, 3.8) is 0 Å². The van der Waals surface area contributed by atoms with Gasteiger partial charge in [-0.25, -0.2) is 4.98 Å². The third kappa shape index (κ3) is 3.38. The summed E-state index contributed by atoms with van der Waals surface area (Å²) in [5.41, 5.74) is 12.0. The molecule has 0 atom stereocenters. The van der Waals surface area contributed by atoms with Crippen LogP contribution in [0.1, 0.15) is 0 Å². The van der Waals surface area contributed by atoms with Crippen molar-refractivity contribution >= 4 is 30.5 Å². The van der Waals surface area contributed by atoms with Gasteiger partial charge in [-0.15, -0.1) is 0 Å². The fraction of sp³-hybridized carbons (Fsp3) is 0.375. The Morgan fingerprint density at radius 1 is 1.37 bits per heavy atom. The van der Waals surface area contributed by atoms with E-state index in [4.69, 9.17) is 26.0 Å². The summed E-state index contributed by atoms with van der Waals surface area (Å²) in [6.07, 6.45) is 0.856. The number of anilines is 2. The molecular formula is C8H13N6O4P. The van der Waals surface area contributed by atoms with E-state index in [1.165, 1.54) is 6.33 Å². The predicted octanol–water partition coefficient (Wildman–Crippen LogP) is -0.858. The minimum atomic E-state index is -4.15. The summed E-state index contributed by atoms with van der Waals surface area (Å²) < 4.78 is 17.1. The zero-order chi connectivity index (χ0) is 14.0. The van der Waals surface area contributed by atoms with Gasteiger partial charge < -0.3 is 30.6 Å². The summed E-state index contributed by atoms with van der Waals surface area (Å²) in [6, 6.07) is 0. The maximum atomic E-state index is 10.6. The second kappa shape index (κ2) is 5.10. The average Bonchev–Trinajstić information content (AvgIpc) is 2.66. The molecule has 6 N–H and O–H groups in total. The molecule has 0 unspecified atom stereocenters. The van der Waals surface area contributed by atoms with Crippen LogP contribution in [0.4, 0.5) is 11.8 Å². The standard InChI is InChI=1S/C8H13N6O4P/c9-6-5-7(13-8(10)12-6)11-3-14(5)1-2-18-4-19(15,16)17/h3H,1-2,4H2,(H2,15,16,17)(H4,9,10,12,13). The van der Waals surface area contributed by atoms with Crippen molar-refractivity contribution < 1.29 is 19.1 Å². The van der Waals surface area contributed by atoms with Crippen LogP contribution in [0, 0.1) is 0 Å². The molecule has 0 radical (unpaired) electrons. The van der Waals surface area contributed by atoms with E-state index >= 15 is 0 Å². The van der Waals surface area contributed by atoms with Gasteiger partial charge in [0.1, 0.15) is 11.9 Å². The third-order valence-electron chi connectivity index (χ3n) is 2.25. The fourth-order valence-corrected chi connectivity index (χ4v) is 1.91. The minimum absolute atomic E-state index is 0.0352. The van der Waals surface area contributed by atoms with Gasteiger partial charge in [-0.3, -0.25) is 4.57 Å². The molecule has 2 heterocycles. The van der Waals surface area contributed by atoms with Gasteiger partial charge in [0.2, 0.25) is 5.95 Å². The molecule has 0 bridgehead atoms. The van der Waals surface area contributed by atoms with Gasteiger partial charge in [0.05, 0.1) is 12.9 Å². The van der Waals surface area contributed by atoms with E-state index < -0.39 is 13.9 Å². The Hall–Kier alpha value is -1.74. The van der Waals surface area contributed by atoms with Crippen LogP contribution in [0.5, 0.6) is 0 Å². The summed E-state index contributed by atoms with van der Waals surface area (Å²) in [4.78, 5) is 29.0. The maximum Gasteiger partial charge on any atom is 0.350 e. The number of nitrogen functional groups attached to an aromatic ring is 2. The van der Waals surface area contributed by atoms with Crippen molar-refractivity contribution in [3.8, 4) is 0 Å². The van der Waals surface area contributed by atoms with Crippen molar-refractivity contribution in [1.82, 2.24) is 19.5 Å². The molecule has 0 fully saturated rings. The molecule has 0 amide bonds. The van der Waals surface area contributed by atoms with Crippen molar-refractivity contribution in [3.05, 3.63) is 6.33 Å². The first kappa shape index (κ1) is 13.7. The topological polar surface area (TPSA) is 162 Å². The van der Waals surface area contributed by atoms with Crippen LogP contribution in [0.15, 0.2) is 6.33 Å². The first-order valence-electron chi connectivity index (χ1n) is 5.23. The zero-order valence-corrected chi connectivity index (χ0v) is 10.7. The maximum absolute atomic E-state index is 10.6. The van der Waals surface area contributed by atoms with Crippen LogP contribution in [0.25, 0.3) is 11.2 Å². The number of imidazole rings is 1. The lowest BCUT2D eigenvalue weighted by molar-refractivity contribution is 0.149. The van der Waals surface area contributed by atoms with Crippen LogP contribution >= 0.6 is 7.60 Å². The van der Waals surface area contributed by atoms with Crippen LogP contribution in [0.2, 0.25) is 0 Å². The van der Waals surface area contributed by atoms with Crippen LogP contribution in [0.3, 0.4) is 0 Å². The fourth-order valence-electron chi connectivity index (χ4n) is 1.54. The third-order valence-corrected chi connectivity index (χ3v) is 2.77. The minimum Gasteiger partial charge on any atom is -0.382 e. The SMILES string of the molecule is Nc1nc(N)c2c(ncn2CCOCP(=O)(O)O)n1. The van der Waals surface area contributed by atoms with Gasteiger partial charge in [-0.2, -0.15) is 9.97 Å². The van der Waals surface area contributed by atoms with Crippen molar-refractivity contribution in [1.29, 1.82) is 0 Å². The van der Waals surface area contributed by atoms with E-state index in [0.717, 1.165) is 0 Å². The number of rotatable bonds is 5. The highest BCUT2D eigenvalue weighted by Crippen LogP contribution is 2.33. The van der Waals surface area contributed by atoms with Crippen LogP contribution in [-0.4, -0.2) is 42.3 Å². The number of aromatic nitrogens is 4. The normalized spacial score (nSPS) is 12.1. The highest BCUT2D eigenvalue weighted by atomic mass is 31.2. The summed E-state index contributed by atoms with van der Waals surface area (Å²) in [5, 5.41) is 0. The lowest BCUT2D eigenvalue weighted by atomic mass is 10.5. The summed E-state index contributed by atoms with van der Waals surface area (Å²) in [5.74, 6) is 0.225. The number of nitrogens with two attached hydrogens (primary N) is 2. The molecule has 0 aliphatic rings. The average molecular weight is 288 g/mol. The quantitative estimate of drug-likeness (QED) is 0.405. The molecule has 0 saturated heterocycles. The Balaban J connectivity index is 2.08. The molecule has 2 aromatic rings. The molecule has 0 spiro atoms. The summed E-state index contributed by atoms with van der Waals surface area (Å²) >= 11 is 0. The van der Waals surface area contributed by atoms with E-state index in [9.17, 15) is 4.57 Å². The smallest absolute Gasteiger partial charge is 0.350 e. The lowest BCUT2D eigenvalue weighted by Gasteiger charge is -2.07. The molecule has 10 nitrogen and oxygen atoms in total. The molecule has 0 aliphatic carbocycles. The summed E-state index contributed by atoms with van der Waals surface area (Å²) in [7, 11) is -4.15. The zero-order valence-electron chi connectivity index (χ0n) is 9.80. The van der Waals surface area contributed by atoms with Gasteiger partial charge in [0.15, 0.2) is 11.5 Å². The first-order valence-corrected chi connectivity index (χ1v) is 7.03. The molecule has 0 saturated carbocycles. The first-order chi connectivity index (χ1) is 8.87. The van der Waals surface area contributed by atoms with Crippen LogP contribution in [-0.2, 0) is 15.8 Å². The lowest BCUT2D eigenvalue weighted by Crippen LogP contribution is -2.08. The molecule has 2 rings (SSSR count). The highest BCUT2D eigenvalue weighted by Gasteiger charge is 2.13.